The van der Waals surface area contributed by atoms with E-state index in [1.165, 1.54) is 40.4 Å². The SMILES string of the molecule is Cc1ccc(NCC(=O)N2CCN(S(=O)(=O)c3cccc(F)c3)CC2)cc1C(F)(F)F. The van der Waals surface area contributed by atoms with Crippen LogP contribution in [0, 0.1) is 12.7 Å². The number of nitrogens with one attached hydrogen (secondary N) is 1. The van der Waals surface area contributed by atoms with Crippen molar-refractivity contribution in [3.05, 3.63) is 59.4 Å². The van der Waals surface area contributed by atoms with Gasteiger partial charge in [0.15, 0.2) is 0 Å². The highest BCUT2D eigenvalue weighted by Gasteiger charge is 2.33. The highest BCUT2D eigenvalue weighted by atomic mass is 32.2. The molecule has 6 nitrogen and oxygen atoms in total. The van der Waals surface area contributed by atoms with E-state index in [0.29, 0.717) is 0 Å². The van der Waals surface area contributed by atoms with E-state index >= 15 is 0 Å². The lowest BCUT2D eigenvalue weighted by atomic mass is 10.1. The van der Waals surface area contributed by atoms with Gasteiger partial charge in [0, 0.05) is 31.9 Å². The molecule has 3 rings (SSSR count). The number of rotatable bonds is 5. The molecule has 1 heterocycles. The Balaban J connectivity index is 1.57. The maximum Gasteiger partial charge on any atom is 0.416 e. The van der Waals surface area contributed by atoms with Crippen LogP contribution in [0.15, 0.2) is 47.4 Å². The lowest BCUT2D eigenvalue weighted by molar-refractivity contribution is -0.138. The van der Waals surface area contributed by atoms with E-state index in [-0.39, 0.29) is 54.8 Å². The van der Waals surface area contributed by atoms with Gasteiger partial charge >= 0.3 is 6.18 Å². The molecule has 1 aliphatic heterocycles. The molecular weight excluding hydrogens is 438 g/mol. The number of aryl methyl sites for hydroxylation is 1. The monoisotopic (exact) mass is 459 g/mol. The van der Waals surface area contributed by atoms with Crippen molar-refractivity contribution in [2.45, 2.75) is 18.0 Å². The fraction of sp³-hybridized carbons (Fsp3) is 0.350. The first-order valence-electron chi connectivity index (χ1n) is 9.44. The van der Waals surface area contributed by atoms with E-state index in [4.69, 9.17) is 0 Å². The first-order chi connectivity index (χ1) is 14.5. The first-order valence-corrected chi connectivity index (χ1v) is 10.9. The molecular formula is C20H21F4N3O3S. The van der Waals surface area contributed by atoms with Gasteiger partial charge in [0.2, 0.25) is 15.9 Å². The fourth-order valence-corrected chi connectivity index (χ4v) is 4.74. The van der Waals surface area contributed by atoms with Crippen molar-refractivity contribution in [2.24, 2.45) is 0 Å². The molecule has 1 fully saturated rings. The summed E-state index contributed by atoms with van der Waals surface area (Å²) in [5.41, 5.74) is -0.528. The molecule has 1 amide bonds. The van der Waals surface area contributed by atoms with Crippen LogP contribution in [0.25, 0.3) is 0 Å². The van der Waals surface area contributed by atoms with E-state index in [0.717, 1.165) is 18.2 Å². The fourth-order valence-electron chi connectivity index (χ4n) is 3.28. The second-order valence-corrected chi connectivity index (χ2v) is 9.06. The first kappa shape index (κ1) is 23.0. The minimum atomic E-state index is -4.49. The minimum Gasteiger partial charge on any atom is -0.376 e. The van der Waals surface area contributed by atoms with Crippen LogP contribution in [-0.2, 0) is 21.0 Å². The van der Waals surface area contributed by atoms with Crippen LogP contribution in [0.5, 0.6) is 0 Å². The zero-order valence-corrected chi connectivity index (χ0v) is 17.4. The summed E-state index contributed by atoms with van der Waals surface area (Å²) >= 11 is 0. The second kappa shape index (κ2) is 8.83. The Morgan fingerprint density at radius 3 is 2.35 bits per heavy atom. The summed E-state index contributed by atoms with van der Waals surface area (Å²) in [6, 6.07) is 8.43. The largest absolute Gasteiger partial charge is 0.416 e. The van der Waals surface area contributed by atoms with Crippen molar-refractivity contribution in [3.63, 3.8) is 0 Å². The molecule has 168 valence electrons. The number of carbonyl (C=O) groups is 1. The number of benzene rings is 2. The number of amides is 1. The third-order valence-electron chi connectivity index (χ3n) is 5.01. The smallest absolute Gasteiger partial charge is 0.376 e. The van der Waals surface area contributed by atoms with Crippen LogP contribution in [0.4, 0.5) is 23.2 Å². The van der Waals surface area contributed by atoms with Crippen LogP contribution >= 0.6 is 0 Å². The standard InChI is InChI=1S/C20H21F4N3O3S/c1-14-5-6-16(12-18(14)20(22,23)24)25-13-19(28)26-7-9-27(10-8-26)31(29,30)17-4-2-3-15(21)11-17/h2-6,11-12,25H,7-10,13H2,1H3. The zero-order valence-electron chi connectivity index (χ0n) is 16.6. The quantitative estimate of drug-likeness (QED) is 0.698. The molecule has 31 heavy (non-hydrogen) atoms. The van der Waals surface area contributed by atoms with E-state index in [9.17, 15) is 30.8 Å². The molecule has 1 aliphatic rings. The predicted molar refractivity (Wildman–Crippen MR) is 106 cm³/mol. The van der Waals surface area contributed by atoms with Gasteiger partial charge in [0.1, 0.15) is 5.82 Å². The van der Waals surface area contributed by atoms with Crippen LogP contribution in [0.3, 0.4) is 0 Å². The summed E-state index contributed by atoms with van der Waals surface area (Å²) in [6.45, 7) is 1.44. The topological polar surface area (TPSA) is 69.7 Å². The van der Waals surface area contributed by atoms with Gasteiger partial charge in [0.25, 0.3) is 0 Å². The van der Waals surface area contributed by atoms with Crippen molar-refractivity contribution in [3.8, 4) is 0 Å². The Labute approximate surface area is 177 Å². The Kier molecular flexibility index (Phi) is 6.56. The summed E-state index contributed by atoms with van der Waals surface area (Å²) in [4.78, 5) is 13.7. The molecule has 0 saturated carbocycles. The summed E-state index contributed by atoms with van der Waals surface area (Å²) in [5.74, 6) is -1.03. The lowest BCUT2D eigenvalue weighted by Gasteiger charge is -2.34. The Bertz CT molecular complexity index is 1070. The third kappa shape index (κ3) is 5.34. The maximum absolute atomic E-state index is 13.4. The highest BCUT2D eigenvalue weighted by Crippen LogP contribution is 2.33. The number of sulfonamides is 1. The summed E-state index contributed by atoms with van der Waals surface area (Å²) < 4.78 is 78.8. The Hall–Kier alpha value is -2.66. The van der Waals surface area contributed by atoms with Crippen molar-refractivity contribution in [1.82, 2.24) is 9.21 Å². The number of hydrogen-bond donors (Lipinski definition) is 1. The van der Waals surface area contributed by atoms with Crippen LogP contribution in [0.1, 0.15) is 11.1 Å². The van der Waals surface area contributed by atoms with Gasteiger partial charge in [-0.15, -0.1) is 0 Å². The number of hydrogen-bond acceptors (Lipinski definition) is 4. The molecule has 0 aliphatic carbocycles. The molecule has 0 aromatic heterocycles. The van der Waals surface area contributed by atoms with Crippen molar-refractivity contribution in [2.75, 3.05) is 38.0 Å². The Morgan fingerprint density at radius 2 is 1.74 bits per heavy atom. The van der Waals surface area contributed by atoms with E-state index in [2.05, 4.69) is 5.32 Å². The molecule has 0 unspecified atom stereocenters. The minimum absolute atomic E-state index is 0.0351. The maximum atomic E-state index is 13.4. The van der Waals surface area contributed by atoms with E-state index in [1.54, 1.807) is 0 Å². The molecule has 0 atom stereocenters. The summed E-state index contributed by atoms with van der Waals surface area (Å²) in [7, 11) is -3.88. The molecule has 1 N–H and O–H groups in total. The lowest BCUT2D eigenvalue weighted by Crippen LogP contribution is -2.51. The van der Waals surface area contributed by atoms with Crippen LogP contribution < -0.4 is 5.32 Å². The van der Waals surface area contributed by atoms with Gasteiger partial charge in [-0.1, -0.05) is 12.1 Å². The zero-order chi connectivity index (χ0) is 22.8. The number of carbonyl (C=O) groups excluding carboxylic acids is 1. The third-order valence-corrected chi connectivity index (χ3v) is 6.91. The number of piperazine rings is 1. The summed E-state index contributed by atoms with van der Waals surface area (Å²) in [6.07, 6.45) is -4.49. The van der Waals surface area contributed by atoms with Gasteiger partial charge in [-0.2, -0.15) is 17.5 Å². The highest BCUT2D eigenvalue weighted by molar-refractivity contribution is 7.89. The molecule has 0 bridgehead atoms. The average molecular weight is 459 g/mol. The van der Waals surface area contributed by atoms with E-state index < -0.39 is 27.6 Å². The molecule has 2 aromatic carbocycles. The normalized spacial score (nSPS) is 15.7. The number of halogens is 4. The average Bonchev–Trinajstić information content (AvgIpc) is 2.72. The molecule has 2 aromatic rings. The van der Waals surface area contributed by atoms with Crippen molar-refractivity contribution >= 4 is 21.6 Å². The molecule has 0 radical (unpaired) electrons. The molecule has 0 spiro atoms. The van der Waals surface area contributed by atoms with Crippen LogP contribution in [0.2, 0.25) is 0 Å². The van der Waals surface area contributed by atoms with Gasteiger partial charge in [-0.25, -0.2) is 12.8 Å². The van der Waals surface area contributed by atoms with Gasteiger partial charge < -0.3 is 10.2 Å². The Morgan fingerprint density at radius 1 is 1.06 bits per heavy atom. The molecule has 11 heteroatoms. The van der Waals surface area contributed by atoms with Crippen LogP contribution in [-0.4, -0.2) is 56.3 Å². The summed E-state index contributed by atoms with van der Waals surface area (Å²) in [5, 5.41) is 2.69. The van der Waals surface area contributed by atoms with Gasteiger partial charge in [0.05, 0.1) is 17.0 Å². The number of nitrogens with zero attached hydrogens (tertiary/aromatic N) is 2. The predicted octanol–water partition coefficient (Wildman–Crippen LogP) is 3.10. The van der Waals surface area contributed by atoms with E-state index in [1.807, 2.05) is 0 Å². The number of anilines is 1. The van der Waals surface area contributed by atoms with Crippen molar-refractivity contribution < 1.29 is 30.8 Å². The second-order valence-electron chi connectivity index (χ2n) is 7.12. The van der Waals surface area contributed by atoms with Gasteiger partial charge in [-0.05, 0) is 42.8 Å². The number of alkyl halides is 3. The van der Waals surface area contributed by atoms with Crippen molar-refractivity contribution in [1.29, 1.82) is 0 Å². The molecule has 1 saturated heterocycles. The van der Waals surface area contributed by atoms with Gasteiger partial charge in [-0.3, -0.25) is 4.79 Å².